The lowest BCUT2D eigenvalue weighted by Gasteiger charge is -2.29. The highest BCUT2D eigenvalue weighted by Gasteiger charge is 2.25. The van der Waals surface area contributed by atoms with Crippen molar-refractivity contribution in [2.75, 3.05) is 0 Å². The second-order valence-electron chi connectivity index (χ2n) is 3.87. The van der Waals surface area contributed by atoms with Crippen molar-refractivity contribution in [2.45, 2.75) is 44.7 Å². The Bertz CT molecular complexity index is 308. The highest BCUT2D eigenvalue weighted by Crippen LogP contribution is 2.26. The molecule has 15 heavy (non-hydrogen) atoms. The van der Waals surface area contributed by atoms with Crippen molar-refractivity contribution in [3.8, 4) is 0 Å². The molecule has 1 N–H and O–H groups in total. The van der Waals surface area contributed by atoms with Gasteiger partial charge in [-0.25, -0.2) is 0 Å². The van der Waals surface area contributed by atoms with Gasteiger partial charge in [0.05, 0.1) is 0 Å². The summed E-state index contributed by atoms with van der Waals surface area (Å²) in [6.45, 7) is 5.49. The zero-order valence-electron chi connectivity index (χ0n) is 10.4. The predicted molar refractivity (Wildman–Crippen MR) is 63.6 cm³/mol. The molecule has 0 radical (unpaired) electrons. The smallest absolute Gasteiger partial charge is 0.141 e. The summed E-state index contributed by atoms with van der Waals surface area (Å²) >= 11 is 0. The van der Waals surface area contributed by atoms with Crippen molar-refractivity contribution >= 4 is 0 Å². The maximum absolute atomic E-state index is 10.6. The van der Waals surface area contributed by atoms with E-state index in [2.05, 4.69) is 6.58 Å². The fourth-order valence-electron chi connectivity index (χ4n) is 1.80. The van der Waals surface area contributed by atoms with E-state index in [1.807, 2.05) is 37.5 Å². The van der Waals surface area contributed by atoms with Crippen LogP contribution in [-0.4, -0.2) is 9.67 Å². The van der Waals surface area contributed by atoms with Crippen LogP contribution in [-0.2, 0) is 5.72 Å². The maximum Gasteiger partial charge on any atom is 0.141 e. The van der Waals surface area contributed by atoms with Gasteiger partial charge in [0.2, 0.25) is 0 Å². The molecule has 0 aromatic carbocycles. The lowest BCUT2D eigenvalue weighted by Crippen LogP contribution is -2.32. The highest BCUT2D eigenvalue weighted by molar-refractivity contribution is 4.95. The first-order valence-electron chi connectivity index (χ1n) is 6.05. The van der Waals surface area contributed by atoms with Crippen molar-refractivity contribution in [1.82, 2.24) is 4.57 Å². The van der Waals surface area contributed by atoms with Gasteiger partial charge in [-0.3, -0.25) is 0 Å². The molecular weight excluding hydrogens is 186 g/mol. The van der Waals surface area contributed by atoms with Gasteiger partial charge in [-0.1, -0.05) is 19.4 Å². The van der Waals surface area contributed by atoms with E-state index in [4.69, 9.17) is 1.37 Å². The summed E-state index contributed by atoms with van der Waals surface area (Å²) in [6, 6.07) is 3.79. The summed E-state index contributed by atoms with van der Waals surface area (Å²) in [4.78, 5) is 0. The largest absolute Gasteiger partial charge is 0.371 e. The standard InChI is InChI=1S/C13H21NO/c1-3-5-6-10-13(15,9-4-2)14-11-7-8-12-14/h3,7-8,11-12,15H,1,4-6,9-10H2,2H3/i4D. The van der Waals surface area contributed by atoms with Crippen molar-refractivity contribution in [2.24, 2.45) is 0 Å². The fourth-order valence-corrected chi connectivity index (χ4v) is 1.80. The van der Waals surface area contributed by atoms with Crippen molar-refractivity contribution in [1.29, 1.82) is 0 Å². The number of aromatic nitrogens is 1. The number of hydrogen-bond acceptors (Lipinski definition) is 1. The van der Waals surface area contributed by atoms with Gasteiger partial charge < -0.3 is 9.67 Å². The van der Waals surface area contributed by atoms with Gasteiger partial charge in [-0.15, -0.1) is 6.58 Å². The van der Waals surface area contributed by atoms with Crippen LogP contribution < -0.4 is 0 Å². The summed E-state index contributed by atoms with van der Waals surface area (Å²) in [5.74, 6) is 0. The van der Waals surface area contributed by atoms with E-state index in [1.165, 1.54) is 0 Å². The molecule has 0 saturated carbocycles. The second-order valence-corrected chi connectivity index (χ2v) is 3.87. The molecule has 0 aliphatic rings. The Kier molecular flexibility index (Phi) is 4.03. The van der Waals surface area contributed by atoms with E-state index in [-0.39, 0.29) is 6.40 Å². The van der Waals surface area contributed by atoms with E-state index < -0.39 is 5.72 Å². The Morgan fingerprint density at radius 1 is 1.47 bits per heavy atom. The third-order valence-electron chi connectivity index (χ3n) is 2.60. The number of rotatable bonds is 7. The molecule has 0 fully saturated rings. The highest BCUT2D eigenvalue weighted by atomic mass is 16.3. The summed E-state index contributed by atoms with van der Waals surface area (Å²) in [6.07, 6.45) is 8.22. The first-order chi connectivity index (χ1) is 7.58. The molecule has 1 aromatic heterocycles. The lowest BCUT2D eigenvalue weighted by molar-refractivity contribution is -0.0553. The Morgan fingerprint density at radius 3 is 2.67 bits per heavy atom. The quantitative estimate of drug-likeness (QED) is 0.540. The minimum atomic E-state index is -0.923. The number of allylic oxidation sites excluding steroid dienone is 1. The average molecular weight is 208 g/mol. The molecule has 0 spiro atoms. The van der Waals surface area contributed by atoms with Gasteiger partial charge in [-0.05, 0) is 37.8 Å². The molecule has 84 valence electrons. The molecule has 0 aliphatic carbocycles. The van der Waals surface area contributed by atoms with Crippen LogP contribution in [0.25, 0.3) is 0 Å². The molecule has 0 aliphatic heterocycles. The Hall–Kier alpha value is -1.02. The number of unbranched alkanes of at least 4 members (excludes halogenated alkanes) is 1. The van der Waals surface area contributed by atoms with Gasteiger partial charge >= 0.3 is 0 Å². The monoisotopic (exact) mass is 208 g/mol. The van der Waals surface area contributed by atoms with Gasteiger partial charge in [0, 0.05) is 13.8 Å². The molecule has 2 unspecified atom stereocenters. The van der Waals surface area contributed by atoms with E-state index in [9.17, 15) is 5.11 Å². The van der Waals surface area contributed by atoms with Gasteiger partial charge in [0.1, 0.15) is 5.72 Å². The van der Waals surface area contributed by atoms with Crippen LogP contribution in [0.3, 0.4) is 0 Å². The fraction of sp³-hybridized carbons (Fsp3) is 0.538. The summed E-state index contributed by atoms with van der Waals surface area (Å²) < 4.78 is 9.43. The zero-order chi connectivity index (χ0) is 12.0. The molecule has 1 rings (SSSR count). The van der Waals surface area contributed by atoms with Crippen LogP contribution in [0.4, 0.5) is 0 Å². The van der Waals surface area contributed by atoms with Crippen LogP contribution in [0, 0.1) is 0 Å². The predicted octanol–water partition coefficient (Wildman–Crippen LogP) is 3.29. The lowest BCUT2D eigenvalue weighted by atomic mass is 10.0. The van der Waals surface area contributed by atoms with E-state index in [0.717, 1.165) is 12.8 Å². The molecule has 2 nitrogen and oxygen atoms in total. The van der Waals surface area contributed by atoms with Crippen molar-refractivity contribution in [3.63, 3.8) is 0 Å². The zero-order valence-corrected chi connectivity index (χ0v) is 9.39. The van der Waals surface area contributed by atoms with Crippen LogP contribution >= 0.6 is 0 Å². The third-order valence-corrected chi connectivity index (χ3v) is 2.60. The summed E-state index contributed by atoms with van der Waals surface area (Å²) in [5, 5.41) is 10.6. The maximum atomic E-state index is 10.6. The average Bonchev–Trinajstić information content (AvgIpc) is 2.70. The number of nitrogens with zero attached hydrogens (tertiary/aromatic N) is 1. The minimum Gasteiger partial charge on any atom is -0.371 e. The van der Waals surface area contributed by atoms with Gasteiger partial charge in [0.25, 0.3) is 0 Å². The van der Waals surface area contributed by atoms with Crippen LogP contribution in [0.1, 0.15) is 40.4 Å². The first kappa shape index (κ1) is 10.5. The van der Waals surface area contributed by atoms with Crippen molar-refractivity contribution in [3.05, 3.63) is 37.2 Å². The van der Waals surface area contributed by atoms with E-state index in [0.29, 0.717) is 12.8 Å². The van der Waals surface area contributed by atoms with Gasteiger partial charge in [0.15, 0.2) is 0 Å². The minimum absolute atomic E-state index is 0.267. The SMILES string of the molecule is [2H]C(C)CC(O)(CCCC=C)n1cccc1. The normalized spacial score (nSPS) is 17.9. The molecule has 2 heteroatoms. The van der Waals surface area contributed by atoms with Crippen molar-refractivity contribution < 1.29 is 6.48 Å². The number of aliphatic hydroxyl groups is 1. The second kappa shape index (κ2) is 5.76. The molecule has 0 saturated heterocycles. The summed E-state index contributed by atoms with van der Waals surface area (Å²) in [5.41, 5.74) is -0.923. The molecule has 1 heterocycles. The van der Waals surface area contributed by atoms with Gasteiger partial charge in [-0.2, -0.15) is 0 Å². The van der Waals surface area contributed by atoms with Crippen LogP contribution in [0.15, 0.2) is 37.2 Å². The Morgan fingerprint density at radius 2 is 2.13 bits per heavy atom. The number of hydrogen-bond donors (Lipinski definition) is 1. The van der Waals surface area contributed by atoms with E-state index in [1.54, 1.807) is 4.57 Å². The molecular formula is C13H21NO. The molecule has 1 aromatic rings. The molecule has 0 amide bonds. The summed E-state index contributed by atoms with van der Waals surface area (Å²) in [7, 11) is 0. The van der Waals surface area contributed by atoms with Crippen LogP contribution in [0.2, 0.25) is 0 Å². The van der Waals surface area contributed by atoms with Crippen LogP contribution in [0.5, 0.6) is 0 Å². The third kappa shape index (κ3) is 3.24. The first-order valence-corrected chi connectivity index (χ1v) is 5.47. The Labute approximate surface area is 93.6 Å². The molecule has 0 bridgehead atoms. The topological polar surface area (TPSA) is 25.2 Å². The van der Waals surface area contributed by atoms with E-state index >= 15 is 0 Å². The molecule has 2 atom stereocenters. The Balaban J connectivity index is 2.71.